The van der Waals surface area contributed by atoms with E-state index >= 15 is 0 Å². The number of carbonyl (C=O) groups is 2. The van der Waals surface area contributed by atoms with E-state index in [1.165, 1.54) is 5.56 Å². The van der Waals surface area contributed by atoms with Crippen LogP contribution in [0.1, 0.15) is 29.4 Å². The highest BCUT2D eigenvalue weighted by atomic mass is 16.4. The Morgan fingerprint density at radius 3 is 2.26 bits per heavy atom. The van der Waals surface area contributed by atoms with Crippen LogP contribution in [0.2, 0.25) is 0 Å². The van der Waals surface area contributed by atoms with Gasteiger partial charge in [0, 0.05) is 12.5 Å². The molecule has 0 aliphatic heterocycles. The van der Waals surface area contributed by atoms with Crippen molar-refractivity contribution >= 4 is 11.9 Å². The molecule has 0 radical (unpaired) electrons. The lowest BCUT2D eigenvalue weighted by molar-refractivity contribution is -0.138. The molecule has 0 aromatic heterocycles. The van der Waals surface area contributed by atoms with Gasteiger partial charge >= 0.3 is 5.97 Å². The van der Waals surface area contributed by atoms with Crippen molar-refractivity contribution in [3.63, 3.8) is 0 Å². The van der Waals surface area contributed by atoms with Gasteiger partial charge in [-0.25, -0.2) is 0 Å². The normalized spacial score (nSPS) is 20.5. The molecule has 4 heteroatoms. The fourth-order valence-electron chi connectivity index (χ4n) is 2.92. The molecule has 3 rings (SSSR count). The van der Waals surface area contributed by atoms with E-state index in [1.807, 2.05) is 36.4 Å². The molecule has 1 amide bonds. The topological polar surface area (TPSA) is 66.4 Å². The minimum absolute atomic E-state index is 0.0392. The molecule has 1 saturated carbocycles. The van der Waals surface area contributed by atoms with Crippen LogP contribution in [0.3, 0.4) is 0 Å². The summed E-state index contributed by atoms with van der Waals surface area (Å²) in [6, 6.07) is 19.0. The second kappa shape index (κ2) is 6.65. The molecule has 3 atom stereocenters. The number of amides is 1. The van der Waals surface area contributed by atoms with Gasteiger partial charge in [-0.15, -0.1) is 0 Å². The van der Waals surface area contributed by atoms with Crippen molar-refractivity contribution in [3.8, 4) is 0 Å². The van der Waals surface area contributed by atoms with Gasteiger partial charge in [0.15, 0.2) is 0 Å². The van der Waals surface area contributed by atoms with Gasteiger partial charge in [0.05, 0.1) is 5.92 Å². The maximum atomic E-state index is 12.2. The van der Waals surface area contributed by atoms with Gasteiger partial charge in [0.2, 0.25) is 5.91 Å². The number of rotatable bonds is 6. The Balaban J connectivity index is 1.57. The Morgan fingerprint density at radius 1 is 1.04 bits per heavy atom. The molecule has 1 aliphatic carbocycles. The Bertz CT molecular complexity index is 684. The fourth-order valence-corrected chi connectivity index (χ4v) is 2.92. The van der Waals surface area contributed by atoms with E-state index in [2.05, 4.69) is 5.32 Å². The number of carbonyl (C=O) groups excluding carboxylic acids is 1. The lowest BCUT2D eigenvalue weighted by Gasteiger charge is -2.14. The molecule has 1 aliphatic rings. The molecule has 118 valence electrons. The van der Waals surface area contributed by atoms with Crippen molar-refractivity contribution in [2.75, 3.05) is 6.54 Å². The first-order chi connectivity index (χ1) is 11.2. The van der Waals surface area contributed by atoms with Gasteiger partial charge in [-0.3, -0.25) is 9.59 Å². The molecule has 0 spiro atoms. The van der Waals surface area contributed by atoms with E-state index in [0.717, 1.165) is 6.42 Å². The third-order valence-electron chi connectivity index (χ3n) is 4.34. The van der Waals surface area contributed by atoms with Crippen LogP contribution in [0.25, 0.3) is 0 Å². The zero-order chi connectivity index (χ0) is 16.2. The second-order valence-electron chi connectivity index (χ2n) is 5.91. The fraction of sp³-hybridized carbons (Fsp3) is 0.263. The first kappa shape index (κ1) is 15.3. The van der Waals surface area contributed by atoms with Gasteiger partial charge < -0.3 is 10.4 Å². The standard InChI is InChI=1S/C19H19NO3/c21-18(16-11-15(16)13-7-3-1-4-8-13)20-12-17(19(22)23)14-9-5-2-6-10-14/h1-10,15-17H,11-12H2,(H,20,21)(H,22,23)/t15-,16+,17-/m1/s1. The van der Waals surface area contributed by atoms with Crippen molar-refractivity contribution in [1.82, 2.24) is 5.32 Å². The summed E-state index contributed by atoms with van der Waals surface area (Å²) in [7, 11) is 0. The van der Waals surface area contributed by atoms with Crippen LogP contribution >= 0.6 is 0 Å². The van der Waals surface area contributed by atoms with E-state index in [-0.39, 0.29) is 24.3 Å². The molecule has 2 aromatic carbocycles. The van der Waals surface area contributed by atoms with Gasteiger partial charge in [-0.2, -0.15) is 0 Å². The summed E-state index contributed by atoms with van der Waals surface area (Å²) < 4.78 is 0. The minimum atomic E-state index is -0.924. The van der Waals surface area contributed by atoms with Crippen LogP contribution in [-0.2, 0) is 9.59 Å². The highest BCUT2D eigenvalue weighted by Gasteiger charge is 2.43. The average molecular weight is 309 g/mol. The van der Waals surface area contributed by atoms with Gasteiger partial charge in [-0.05, 0) is 23.5 Å². The molecule has 0 unspecified atom stereocenters. The number of carboxylic acid groups (broad SMARTS) is 1. The van der Waals surface area contributed by atoms with E-state index in [1.54, 1.807) is 24.3 Å². The Labute approximate surface area is 135 Å². The first-order valence-electron chi connectivity index (χ1n) is 7.77. The number of aliphatic carboxylic acids is 1. The van der Waals surface area contributed by atoms with Crippen molar-refractivity contribution in [1.29, 1.82) is 0 Å². The molecule has 1 fully saturated rings. The minimum Gasteiger partial charge on any atom is -0.481 e. The van der Waals surface area contributed by atoms with Crippen LogP contribution in [-0.4, -0.2) is 23.5 Å². The molecular weight excluding hydrogens is 290 g/mol. The summed E-state index contributed by atoms with van der Waals surface area (Å²) >= 11 is 0. The molecule has 0 bridgehead atoms. The highest BCUT2D eigenvalue weighted by Crippen LogP contribution is 2.47. The number of hydrogen-bond donors (Lipinski definition) is 2. The Hall–Kier alpha value is -2.62. The highest BCUT2D eigenvalue weighted by molar-refractivity contribution is 5.84. The predicted octanol–water partition coefficient (Wildman–Crippen LogP) is 2.77. The Morgan fingerprint density at radius 2 is 1.65 bits per heavy atom. The molecule has 2 aromatic rings. The number of nitrogens with one attached hydrogen (secondary N) is 1. The van der Waals surface area contributed by atoms with Crippen LogP contribution in [0, 0.1) is 5.92 Å². The lowest BCUT2D eigenvalue weighted by atomic mass is 9.99. The summed E-state index contributed by atoms with van der Waals surface area (Å²) in [6.07, 6.45) is 0.832. The molecule has 0 saturated heterocycles. The van der Waals surface area contributed by atoms with E-state index in [0.29, 0.717) is 5.56 Å². The number of hydrogen-bond acceptors (Lipinski definition) is 2. The van der Waals surface area contributed by atoms with Crippen molar-refractivity contribution in [2.24, 2.45) is 5.92 Å². The quantitative estimate of drug-likeness (QED) is 0.862. The maximum absolute atomic E-state index is 12.2. The van der Waals surface area contributed by atoms with Crippen LogP contribution in [0.15, 0.2) is 60.7 Å². The van der Waals surface area contributed by atoms with E-state index < -0.39 is 11.9 Å². The zero-order valence-corrected chi connectivity index (χ0v) is 12.7. The second-order valence-corrected chi connectivity index (χ2v) is 5.91. The van der Waals surface area contributed by atoms with Crippen LogP contribution < -0.4 is 5.32 Å². The maximum Gasteiger partial charge on any atom is 0.312 e. The molecule has 2 N–H and O–H groups in total. The van der Waals surface area contributed by atoms with Crippen molar-refractivity contribution < 1.29 is 14.7 Å². The molecule has 23 heavy (non-hydrogen) atoms. The van der Waals surface area contributed by atoms with Crippen LogP contribution in [0.5, 0.6) is 0 Å². The summed E-state index contributed by atoms with van der Waals surface area (Å²) in [4.78, 5) is 23.7. The third kappa shape index (κ3) is 3.59. The van der Waals surface area contributed by atoms with Crippen molar-refractivity contribution in [3.05, 3.63) is 71.8 Å². The summed E-state index contributed by atoms with van der Waals surface area (Å²) in [6.45, 7) is 0.121. The summed E-state index contributed by atoms with van der Waals surface area (Å²) in [5.41, 5.74) is 1.88. The third-order valence-corrected chi connectivity index (χ3v) is 4.34. The molecule has 4 nitrogen and oxygen atoms in total. The smallest absolute Gasteiger partial charge is 0.312 e. The summed E-state index contributed by atoms with van der Waals surface area (Å²) in [5, 5.41) is 12.2. The first-order valence-corrected chi connectivity index (χ1v) is 7.77. The monoisotopic (exact) mass is 309 g/mol. The number of carboxylic acids is 1. The number of benzene rings is 2. The van der Waals surface area contributed by atoms with Crippen LogP contribution in [0.4, 0.5) is 0 Å². The van der Waals surface area contributed by atoms with Gasteiger partial charge in [0.25, 0.3) is 0 Å². The lowest BCUT2D eigenvalue weighted by Crippen LogP contribution is -2.32. The summed E-state index contributed by atoms with van der Waals surface area (Å²) in [5.74, 6) is -1.47. The predicted molar refractivity (Wildman–Crippen MR) is 87.1 cm³/mol. The van der Waals surface area contributed by atoms with Crippen molar-refractivity contribution in [2.45, 2.75) is 18.3 Å². The molecule has 0 heterocycles. The van der Waals surface area contributed by atoms with Gasteiger partial charge in [0.1, 0.15) is 0 Å². The average Bonchev–Trinajstić information content (AvgIpc) is 3.37. The van der Waals surface area contributed by atoms with E-state index in [4.69, 9.17) is 0 Å². The zero-order valence-electron chi connectivity index (χ0n) is 12.7. The SMILES string of the molecule is O=C(NC[C@@H](C(=O)O)c1ccccc1)[C@H]1C[C@@H]1c1ccccc1. The molecular formula is C19H19NO3. The Kier molecular flexibility index (Phi) is 4.42. The van der Waals surface area contributed by atoms with E-state index in [9.17, 15) is 14.7 Å². The van der Waals surface area contributed by atoms with Gasteiger partial charge in [-0.1, -0.05) is 60.7 Å². The largest absolute Gasteiger partial charge is 0.481 e.